The molecule has 8 heteroatoms. The summed E-state index contributed by atoms with van der Waals surface area (Å²) >= 11 is 5.90. The van der Waals surface area contributed by atoms with Crippen molar-refractivity contribution >= 4 is 23.5 Å². The SMILES string of the molecule is O=C1CN(Cc2ccc(-c3cncnc3)cc2)CCN1c1nccc(Cl)n1. The first-order chi connectivity index (χ1) is 13.2. The van der Waals surface area contributed by atoms with Crippen LogP contribution < -0.4 is 4.90 Å². The lowest BCUT2D eigenvalue weighted by atomic mass is 10.1. The third-order valence-electron chi connectivity index (χ3n) is 4.40. The highest BCUT2D eigenvalue weighted by Gasteiger charge is 2.26. The minimum Gasteiger partial charge on any atom is -0.288 e. The van der Waals surface area contributed by atoms with Crippen molar-refractivity contribution in [1.29, 1.82) is 0 Å². The number of nitrogens with zero attached hydrogens (tertiary/aromatic N) is 6. The van der Waals surface area contributed by atoms with E-state index in [1.165, 1.54) is 6.33 Å². The second-order valence-electron chi connectivity index (χ2n) is 6.26. The van der Waals surface area contributed by atoms with Crippen molar-refractivity contribution in [1.82, 2.24) is 24.8 Å². The van der Waals surface area contributed by atoms with Gasteiger partial charge in [0, 0.05) is 43.8 Å². The maximum Gasteiger partial charge on any atom is 0.243 e. The Kier molecular flexibility index (Phi) is 5.04. The van der Waals surface area contributed by atoms with Crippen LogP contribution in [0.1, 0.15) is 5.56 Å². The molecule has 0 spiro atoms. The predicted octanol–water partition coefficient (Wildman–Crippen LogP) is 2.44. The maximum absolute atomic E-state index is 12.5. The molecule has 1 amide bonds. The van der Waals surface area contributed by atoms with Gasteiger partial charge in [-0.3, -0.25) is 14.6 Å². The van der Waals surface area contributed by atoms with Crippen LogP contribution in [0.4, 0.5) is 5.95 Å². The van der Waals surface area contributed by atoms with E-state index in [1.54, 1.807) is 29.6 Å². The van der Waals surface area contributed by atoms with Gasteiger partial charge in [-0.1, -0.05) is 35.9 Å². The van der Waals surface area contributed by atoms with Crippen molar-refractivity contribution in [2.24, 2.45) is 0 Å². The summed E-state index contributed by atoms with van der Waals surface area (Å²) in [5, 5.41) is 0.333. The van der Waals surface area contributed by atoms with E-state index in [-0.39, 0.29) is 5.91 Å². The fourth-order valence-corrected chi connectivity index (χ4v) is 3.17. The van der Waals surface area contributed by atoms with Crippen LogP contribution in [0.5, 0.6) is 0 Å². The Morgan fingerprint density at radius 2 is 1.78 bits per heavy atom. The molecule has 0 bridgehead atoms. The smallest absolute Gasteiger partial charge is 0.243 e. The molecule has 4 rings (SSSR count). The van der Waals surface area contributed by atoms with Crippen LogP contribution in [0.25, 0.3) is 11.1 Å². The number of aromatic nitrogens is 4. The van der Waals surface area contributed by atoms with Crippen LogP contribution in [0.2, 0.25) is 5.15 Å². The summed E-state index contributed by atoms with van der Waals surface area (Å²) in [6.45, 7) is 2.32. The molecule has 27 heavy (non-hydrogen) atoms. The summed E-state index contributed by atoms with van der Waals surface area (Å²) in [6, 6.07) is 9.83. The van der Waals surface area contributed by atoms with Gasteiger partial charge in [0.1, 0.15) is 11.5 Å². The number of anilines is 1. The molecule has 1 fully saturated rings. The van der Waals surface area contributed by atoms with Gasteiger partial charge in [0.25, 0.3) is 0 Å². The summed E-state index contributed by atoms with van der Waals surface area (Å²) in [5.74, 6) is 0.336. The van der Waals surface area contributed by atoms with Crippen molar-refractivity contribution in [3.05, 3.63) is 66.0 Å². The Hall–Kier alpha value is -2.90. The third-order valence-corrected chi connectivity index (χ3v) is 4.61. The van der Waals surface area contributed by atoms with E-state index in [0.29, 0.717) is 30.7 Å². The molecule has 1 saturated heterocycles. The lowest BCUT2D eigenvalue weighted by Gasteiger charge is -2.33. The van der Waals surface area contributed by atoms with Gasteiger partial charge in [0.15, 0.2) is 0 Å². The molecule has 0 saturated carbocycles. The van der Waals surface area contributed by atoms with Gasteiger partial charge in [-0.25, -0.2) is 19.9 Å². The van der Waals surface area contributed by atoms with Crippen LogP contribution in [-0.4, -0.2) is 50.4 Å². The summed E-state index contributed by atoms with van der Waals surface area (Å²) in [7, 11) is 0. The Bertz CT molecular complexity index is 934. The molecule has 3 aromatic rings. The molecule has 0 aliphatic carbocycles. The quantitative estimate of drug-likeness (QED) is 0.647. The highest BCUT2D eigenvalue weighted by molar-refractivity contribution is 6.29. The standard InChI is InChI=1S/C19H17ClN6O/c20-17-5-6-23-19(24-17)26-8-7-25(12-18(26)27)11-14-1-3-15(4-2-14)16-9-21-13-22-10-16/h1-6,9-10,13H,7-8,11-12H2. The molecule has 1 aliphatic rings. The normalized spacial score (nSPS) is 15.1. The Morgan fingerprint density at radius 1 is 1.00 bits per heavy atom. The minimum absolute atomic E-state index is 0.0263. The molecule has 1 aliphatic heterocycles. The van der Waals surface area contributed by atoms with Crippen LogP contribution in [0.3, 0.4) is 0 Å². The lowest BCUT2D eigenvalue weighted by molar-refractivity contribution is -0.121. The van der Waals surface area contributed by atoms with Crippen LogP contribution in [-0.2, 0) is 11.3 Å². The second kappa shape index (κ2) is 7.77. The first kappa shape index (κ1) is 17.5. The van der Waals surface area contributed by atoms with E-state index in [2.05, 4.69) is 37.0 Å². The summed E-state index contributed by atoms with van der Waals surface area (Å²) < 4.78 is 0. The van der Waals surface area contributed by atoms with E-state index in [9.17, 15) is 4.79 Å². The summed E-state index contributed by atoms with van der Waals surface area (Å²) in [5.41, 5.74) is 3.20. The average Bonchev–Trinajstić information content (AvgIpc) is 2.69. The fourth-order valence-electron chi connectivity index (χ4n) is 3.03. The number of rotatable bonds is 4. The predicted molar refractivity (Wildman–Crippen MR) is 102 cm³/mol. The highest BCUT2D eigenvalue weighted by atomic mass is 35.5. The molecular formula is C19H17ClN6O. The van der Waals surface area contributed by atoms with E-state index in [1.807, 2.05) is 12.1 Å². The molecule has 1 aromatic carbocycles. The highest BCUT2D eigenvalue weighted by Crippen LogP contribution is 2.20. The van der Waals surface area contributed by atoms with E-state index in [0.717, 1.165) is 23.2 Å². The van der Waals surface area contributed by atoms with E-state index in [4.69, 9.17) is 11.6 Å². The molecule has 136 valence electrons. The van der Waals surface area contributed by atoms with E-state index < -0.39 is 0 Å². The number of hydrogen-bond donors (Lipinski definition) is 0. The largest absolute Gasteiger partial charge is 0.288 e. The van der Waals surface area contributed by atoms with Gasteiger partial charge in [-0.05, 0) is 17.2 Å². The zero-order valence-corrected chi connectivity index (χ0v) is 15.3. The van der Waals surface area contributed by atoms with Gasteiger partial charge in [-0.2, -0.15) is 0 Å². The minimum atomic E-state index is -0.0263. The van der Waals surface area contributed by atoms with Crippen LogP contribution in [0.15, 0.2) is 55.2 Å². The molecule has 0 N–H and O–H groups in total. The zero-order valence-electron chi connectivity index (χ0n) is 14.5. The number of benzene rings is 1. The van der Waals surface area contributed by atoms with Crippen LogP contribution >= 0.6 is 11.6 Å². The van der Waals surface area contributed by atoms with Gasteiger partial charge in [-0.15, -0.1) is 0 Å². The monoisotopic (exact) mass is 380 g/mol. The van der Waals surface area contributed by atoms with E-state index >= 15 is 0 Å². The number of amides is 1. The second-order valence-corrected chi connectivity index (χ2v) is 6.65. The van der Waals surface area contributed by atoms with Gasteiger partial charge >= 0.3 is 0 Å². The number of piperazine rings is 1. The van der Waals surface area contributed by atoms with Crippen molar-refractivity contribution in [3.8, 4) is 11.1 Å². The Morgan fingerprint density at radius 3 is 2.48 bits per heavy atom. The van der Waals surface area contributed by atoms with Crippen molar-refractivity contribution in [2.45, 2.75) is 6.54 Å². The topological polar surface area (TPSA) is 75.1 Å². The Balaban J connectivity index is 1.39. The zero-order chi connectivity index (χ0) is 18.6. The van der Waals surface area contributed by atoms with Crippen molar-refractivity contribution in [3.63, 3.8) is 0 Å². The van der Waals surface area contributed by atoms with Gasteiger partial charge in [0.05, 0.1) is 6.54 Å². The molecule has 0 radical (unpaired) electrons. The lowest BCUT2D eigenvalue weighted by Crippen LogP contribution is -2.50. The molecule has 7 nitrogen and oxygen atoms in total. The number of halogens is 1. The maximum atomic E-state index is 12.5. The molecule has 3 heterocycles. The summed E-state index contributed by atoms with van der Waals surface area (Å²) in [6.07, 6.45) is 6.65. The van der Waals surface area contributed by atoms with Gasteiger partial charge < -0.3 is 0 Å². The molecule has 2 aromatic heterocycles. The third kappa shape index (κ3) is 4.10. The van der Waals surface area contributed by atoms with Crippen molar-refractivity contribution in [2.75, 3.05) is 24.5 Å². The molecule has 0 atom stereocenters. The molecular weight excluding hydrogens is 364 g/mol. The first-order valence-electron chi connectivity index (χ1n) is 8.54. The fraction of sp³-hybridized carbons (Fsp3) is 0.211. The Labute approximate surface area is 161 Å². The first-order valence-corrected chi connectivity index (χ1v) is 8.92. The van der Waals surface area contributed by atoms with Crippen molar-refractivity contribution < 1.29 is 4.79 Å². The number of hydrogen-bond acceptors (Lipinski definition) is 6. The molecule has 0 unspecified atom stereocenters. The summed E-state index contributed by atoms with van der Waals surface area (Å²) in [4.78, 5) is 32.5. The number of carbonyl (C=O) groups excluding carboxylic acids is 1. The van der Waals surface area contributed by atoms with Gasteiger partial charge in [0.2, 0.25) is 11.9 Å². The number of carbonyl (C=O) groups is 1. The average molecular weight is 381 g/mol. The van der Waals surface area contributed by atoms with Crippen LogP contribution in [0, 0.1) is 0 Å².